The third-order valence-corrected chi connectivity index (χ3v) is 2.61. The molecule has 2 nitrogen and oxygen atoms in total. The first-order valence-corrected chi connectivity index (χ1v) is 5.42. The van der Waals surface area contributed by atoms with Gasteiger partial charge in [-0.25, -0.2) is 0 Å². The Hall–Kier alpha value is -0.570. The van der Waals surface area contributed by atoms with Crippen LogP contribution >= 0.6 is 11.6 Å². The highest BCUT2D eigenvalue weighted by molar-refractivity contribution is 6.30. The quantitative estimate of drug-likeness (QED) is 0.858. The molecule has 0 fully saturated rings. The lowest BCUT2D eigenvalue weighted by molar-refractivity contribution is -0.0983. The van der Waals surface area contributed by atoms with Crippen molar-refractivity contribution in [2.75, 3.05) is 6.61 Å². The lowest BCUT2D eigenvalue weighted by Crippen LogP contribution is -2.32. The maximum absolute atomic E-state index is 10.1. The van der Waals surface area contributed by atoms with Crippen molar-refractivity contribution >= 4 is 11.6 Å². The summed E-state index contributed by atoms with van der Waals surface area (Å²) in [5.41, 5.74) is 0.237. The fourth-order valence-corrected chi connectivity index (χ4v) is 1.62. The van der Waals surface area contributed by atoms with Crippen molar-refractivity contribution in [2.24, 2.45) is 0 Å². The number of hydrogen-bond donors (Lipinski definition) is 1. The van der Waals surface area contributed by atoms with Crippen molar-refractivity contribution in [2.45, 2.75) is 32.5 Å². The van der Waals surface area contributed by atoms with Crippen LogP contribution in [0.1, 0.15) is 32.4 Å². The van der Waals surface area contributed by atoms with Crippen LogP contribution in [0.2, 0.25) is 5.02 Å². The number of aliphatic hydroxyl groups excluding tert-OH is 1. The minimum Gasteiger partial charge on any atom is -0.385 e. The molecule has 0 saturated heterocycles. The number of benzene rings is 1. The topological polar surface area (TPSA) is 29.5 Å². The summed E-state index contributed by atoms with van der Waals surface area (Å²) in [5.74, 6) is 0. The van der Waals surface area contributed by atoms with Crippen LogP contribution in [0.25, 0.3) is 0 Å². The molecule has 0 amide bonds. The van der Waals surface area contributed by atoms with Crippen LogP contribution in [-0.2, 0) is 4.74 Å². The SMILES string of the molecule is CCOC(C)(C)C(O)c1ccc(Cl)cc1. The number of halogens is 1. The molecule has 1 aromatic rings. The molecule has 0 aromatic heterocycles. The molecule has 0 aliphatic rings. The van der Waals surface area contributed by atoms with Gasteiger partial charge < -0.3 is 9.84 Å². The highest BCUT2D eigenvalue weighted by Crippen LogP contribution is 2.29. The molecule has 0 radical (unpaired) electrons. The fraction of sp³-hybridized carbons (Fsp3) is 0.500. The summed E-state index contributed by atoms with van der Waals surface area (Å²) < 4.78 is 5.49. The zero-order chi connectivity index (χ0) is 11.5. The van der Waals surface area contributed by atoms with Crippen LogP contribution < -0.4 is 0 Å². The minimum absolute atomic E-state index is 0.581. The van der Waals surface area contributed by atoms with E-state index in [4.69, 9.17) is 16.3 Å². The van der Waals surface area contributed by atoms with Crippen molar-refractivity contribution in [3.63, 3.8) is 0 Å². The van der Waals surface area contributed by atoms with Crippen LogP contribution in [0.4, 0.5) is 0 Å². The second-order valence-electron chi connectivity index (χ2n) is 3.99. The van der Waals surface area contributed by atoms with Gasteiger partial charge >= 0.3 is 0 Å². The lowest BCUT2D eigenvalue weighted by Gasteiger charge is -2.30. The molecule has 1 unspecified atom stereocenters. The Balaban J connectivity index is 2.84. The number of aliphatic hydroxyl groups is 1. The summed E-state index contributed by atoms with van der Waals surface area (Å²) in [6, 6.07) is 7.16. The molecule has 0 bridgehead atoms. The molecule has 0 saturated carbocycles. The van der Waals surface area contributed by atoms with Gasteiger partial charge in [-0.2, -0.15) is 0 Å². The second kappa shape index (κ2) is 4.97. The fourth-order valence-electron chi connectivity index (χ4n) is 1.50. The molecule has 0 spiro atoms. The Morgan fingerprint density at radius 1 is 1.33 bits per heavy atom. The first kappa shape index (κ1) is 12.5. The normalized spacial score (nSPS) is 13.9. The summed E-state index contributed by atoms with van der Waals surface area (Å²) in [6.07, 6.45) is -0.644. The molecule has 15 heavy (non-hydrogen) atoms. The zero-order valence-electron chi connectivity index (χ0n) is 9.33. The number of hydrogen-bond acceptors (Lipinski definition) is 2. The Labute approximate surface area is 95.8 Å². The van der Waals surface area contributed by atoms with E-state index in [1.165, 1.54) is 0 Å². The van der Waals surface area contributed by atoms with Gasteiger partial charge in [-0.05, 0) is 38.5 Å². The van der Waals surface area contributed by atoms with Crippen molar-refractivity contribution in [1.29, 1.82) is 0 Å². The summed E-state index contributed by atoms with van der Waals surface area (Å²) in [6.45, 7) is 6.24. The van der Waals surface area contributed by atoms with Crippen molar-refractivity contribution in [3.05, 3.63) is 34.9 Å². The zero-order valence-corrected chi connectivity index (χ0v) is 10.1. The van der Waals surface area contributed by atoms with Gasteiger partial charge in [-0.1, -0.05) is 23.7 Å². The summed E-state index contributed by atoms with van der Waals surface area (Å²) in [5, 5.41) is 10.8. The summed E-state index contributed by atoms with van der Waals surface area (Å²) in [4.78, 5) is 0. The van der Waals surface area contributed by atoms with Gasteiger partial charge in [0.05, 0.1) is 5.60 Å². The smallest absolute Gasteiger partial charge is 0.107 e. The third kappa shape index (κ3) is 3.20. The molecule has 0 heterocycles. The Morgan fingerprint density at radius 3 is 2.33 bits per heavy atom. The minimum atomic E-state index is -0.644. The van der Waals surface area contributed by atoms with E-state index in [0.717, 1.165) is 5.56 Å². The Morgan fingerprint density at radius 2 is 1.87 bits per heavy atom. The van der Waals surface area contributed by atoms with Crippen LogP contribution in [0.15, 0.2) is 24.3 Å². The molecule has 0 aliphatic heterocycles. The molecule has 1 atom stereocenters. The highest BCUT2D eigenvalue weighted by atomic mass is 35.5. The van der Waals surface area contributed by atoms with E-state index in [1.54, 1.807) is 12.1 Å². The van der Waals surface area contributed by atoms with Gasteiger partial charge in [0.25, 0.3) is 0 Å². The average Bonchev–Trinajstić information content (AvgIpc) is 2.18. The predicted molar refractivity (Wildman–Crippen MR) is 62.1 cm³/mol. The van der Waals surface area contributed by atoms with E-state index in [1.807, 2.05) is 32.9 Å². The van der Waals surface area contributed by atoms with Gasteiger partial charge in [0.15, 0.2) is 0 Å². The van der Waals surface area contributed by atoms with E-state index < -0.39 is 11.7 Å². The van der Waals surface area contributed by atoms with Crippen LogP contribution in [-0.4, -0.2) is 17.3 Å². The maximum atomic E-state index is 10.1. The number of ether oxygens (including phenoxy) is 1. The van der Waals surface area contributed by atoms with Crippen molar-refractivity contribution in [3.8, 4) is 0 Å². The van der Waals surface area contributed by atoms with E-state index >= 15 is 0 Å². The summed E-state index contributed by atoms with van der Waals surface area (Å²) >= 11 is 5.78. The van der Waals surface area contributed by atoms with Crippen LogP contribution in [0, 0.1) is 0 Å². The van der Waals surface area contributed by atoms with Crippen molar-refractivity contribution in [1.82, 2.24) is 0 Å². The molecule has 0 aliphatic carbocycles. The van der Waals surface area contributed by atoms with E-state index in [-0.39, 0.29) is 0 Å². The Kier molecular flexibility index (Phi) is 4.14. The molecular weight excluding hydrogens is 212 g/mol. The first-order valence-electron chi connectivity index (χ1n) is 5.05. The van der Waals surface area contributed by atoms with Crippen molar-refractivity contribution < 1.29 is 9.84 Å². The third-order valence-electron chi connectivity index (χ3n) is 2.36. The first-order chi connectivity index (χ1) is 6.97. The van der Waals surface area contributed by atoms with Gasteiger partial charge in [0.1, 0.15) is 6.10 Å². The van der Waals surface area contributed by atoms with Gasteiger partial charge in [0, 0.05) is 11.6 Å². The maximum Gasteiger partial charge on any atom is 0.107 e. The van der Waals surface area contributed by atoms with Crippen LogP contribution in [0.3, 0.4) is 0 Å². The molecular formula is C12H17ClO2. The second-order valence-corrected chi connectivity index (χ2v) is 4.43. The van der Waals surface area contributed by atoms with E-state index in [2.05, 4.69) is 0 Å². The molecule has 1 N–H and O–H groups in total. The molecule has 1 rings (SSSR count). The van der Waals surface area contributed by atoms with E-state index in [9.17, 15) is 5.11 Å². The van der Waals surface area contributed by atoms with Gasteiger partial charge in [-0.15, -0.1) is 0 Å². The Bertz CT molecular complexity index is 306. The summed E-state index contributed by atoms with van der Waals surface area (Å²) in [7, 11) is 0. The van der Waals surface area contributed by atoms with E-state index in [0.29, 0.717) is 11.6 Å². The monoisotopic (exact) mass is 228 g/mol. The molecule has 3 heteroatoms. The predicted octanol–water partition coefficient (Wildman–Crippen LogP) is 3.19. The van der Waals surface area contributed by atoms with Gasteiger partial charge in [-0.3, -0.25) is 0 Å². The largest absolute Gasteiger partial charge is 0.385 e. The highest BCUT2D eigenvalue weighted by Gasteiger charge is 2.29. The lowest BCUT2D eigenvalue weighted by atomic mass is 9.94. The molecule has 1 aromatic carbocycles. The standard InChI is InChI=1S/C12H17ClO2/c1-4-15-12(2,3)11(14)9-5-7-10(13)8-6-9/h5-8,11,14H,4H2,1-3H3. The molecule has 84 valence electrons. The average molecular weight is 229 g/mol. The van der Waals surface area contributed by atoms with Crippen LogP contribution in [0.5, 0.6) is 0 Å². The number of rotatable bonds is 4. The van der Waals surface area contributed by atoms with Gasteiger partial charge in [0.2, 0.25) is 0 Å².